The number of rotatable bonds is 4. The summed E-state index contributed by atoms with van der Waals surface area (Å²) in [5, 5.41) is 3.81. The molecule has 0 amide bonds. The number of aryl methyl sites for hydroxylation is 1. The van der Waals surface area contributed by atoms with Gasteiger partial charge in [0.15, 0.2) is 5.78 Å². The van der Waals surface area contributed by atoms with Crippen molar-refractivity contribution in [2.75, 3.05) is 12.4 Å². The number of aromatic nitrogens is 1. The number of anilines is 2. The highest BCUT2D eigenvalue weighted by Crippen LogP contribution is 2.42. The fraction of sp³-hybridized carbons (Fsp3) is 0.0833. The Morgan fingerprint density at radius 1 is 0.909 bits per heavy atom. The van der Waals surface area contributed by atoms with Crippen molar-refractivity contribution in [2.45, 2.75) is 4.90 Å². The molecule has 5 rings (SSSR count). The molecule has 0 atom stereocenters. The molecule has 33 heavy (non-hydrogen) atoms. The van der Waals surface area contributed by atoms with Crippen LogP contribution < -0.4 is 15.6 Å². The molecule has 1 aromatic heterocycles. The van der Waals surface area contributed by atoms with Crippen LogP contribution in [-0.4, -0.2) is 30.4 Å². The van der Waals surface area contributed by atoms with Gasteiger partial charge in [-0.3, -0.25) is 14.1 Å². The van der Waals surface area contributed by atoms with Gasteiger partial charge in [0.05, 0.1) is 34.5 Å². The number of nitrogens with zero attached hydrogens (tertiary/aromatic N) is 1. The van der Waals surface area contributed by atoms with Crippen LogP contribution >= 0.6 is 0 Å². The van der Waals surface area contributed by atoms with Gasteiger partial charge in [0.25, 0.3) is 15.7 Å². The van der Waals surface area contributed by atoms with E-state index < -0.39 is 10.1 Å². The number of carbonyl (C=O) groups excluding carboxylic acids is 1. The van der Waals surface area contributed by atoms with Crippen LogP contribution in [0.5, 0.6) is 5.75 Å². The van der Waals surface area contributed by atoms with Gasteiger partial charge in [-0.25, -0.2) is 0 Å². The minimum Gasteiger partial charge on any atom is -0.495 e. The molecule has 1 aliphatic carbocycles. The number of fused-ring (bicyclic) bond motifs is 2. The molecule has 9 heteroatoms. The molecule has 0 saturated heterocycles. The molecule has 166 valence electrons. The fourth-order valence-corrected chi connectivity index (χ4v) is 4.73. The first-order chi connectivity index (χ1) is 15.7. The maximum absolute atomic E-state index is 13.6. The Hall–Kier alpha value is -3.95. The molecular weight excluding hydrogens is 444 g/mol. The Balaban J connectivity index is 1.77. The Bertz CT molecular complexity index is 1650. The lowest BCUT2D eigenvalue weighted by atomic mass is 9.83. The zero-order valence-corrected chi connectivity index (χ0v) is 18.4. The van der Waals surface area contributed by atoms with Crippen molar-refractivity contribution in [1.29, 1.82) is 0 Å². The molecule has 3 aromatic carbocycles. The lowest BCUT2D eigenvalue weighted by Gasteiger charge is -2.24. The molecule has 1 aliphatic rings. The minimum atomic E-state index is -4.41. The molecule has 2 N–H and O–H groups in total. The highest BCUT2D eigenvalue weighted by molar-refractivity contribution is 7.85. The summed E-state index contributed by atoms with van der Waals surface area (Å²) in [6.07, 6.45) is 0. The molecule has 1 heterocycles. The van der Waals surface area contributed by atoms with E-state index in [0.29, 0.717) is 44.5 Å². The topological polar surface area (TPSA) is 115 Å². The molecule has 0 fully saturated rings. The Kier molecular flexibility index (Phi) is 4.62. The van der Waals surface area contributed by atoms with Gasteiger partial charge in [-0.15, -0.1) is 0 Å². The molecule has 0 saturated carbocycles. The Labute approximate surface area is 188 Å². The third kappa shape index (κ3) is 3.21. The second kappa shape index (κ2) is 7.29. The molecule has 0 aliphatic heterocycles. The molecule has 0 spiro atoms. The second-order valence-electron chi connectivity index (χ2n) is 7.67. The van der Waals surface area contributed by atoms with Gasteiger partial charge < -0.3 is 14.6 Å². The average Bonchev–Trinajstić information content (AvgIpc) is 2.80. The molecule has 0 radical (unpaired) electrons. The third-order valence-electron chi connectivity index (χ3n) is 5.84. The maximum atomic E-state index is 13.6. The van der Waals surface area contributed by atoms with E-state index in [4.69, 9.17) is 4.74 Å². The largest absolute Gasteiger partial charge is 0.495 e. The summed E-state index contributed by atoms with van der Waals surface area (Å²) < 4.78 is 39.1. The van der Waals surface area contributed by atoms with Crippen LogP contribution in [0.25, 0.3) is 22.0 Å². The molecular formula is C24H18N2O6S. The van der Waals surface area contributed by atoms with E-state index in [9.17, 15) is 22.6 Å². The van der Waals surface area contributed by atoms with Crippen LogP contribution in [0.15, 0.2) is 70.4 Å². The lowest BCUT2D eigenvalue weighted by Crippen LogP contribution is -2.21. The number of nitrogens with one attached hydrogen (secondary N) is 1. The summed E-state index contributed by atoms with van der Waals surface area (Å²) in [7, 11) is -1.39. The van der Waals surface area contributed by atoms with E-state index >= 15 is 0 Å². The van der Waals surface area contributed by atoms with E-state index in [1.54, 1.807) is 31.3 Å². The zero-order valence-electron chi connectivity index (χ0n) is 17.6. The van der Waals surface area contributed by atoms with Gasteiger partial charge >= 0.3 is 0 Å². The van der Waals surface area contributed by atoms with Crippen LogP contribution in [0.4, 0.5) is 11.4 Å². The Morgan fingerprint density at radius 3 is 2.30 bits per heavy atom. The monoisotopic (exact) mass is 462 g/mol. The molecule has 8 nitrogen and oxygen atoms in total. The fourth-order valence-electron chi connectivity index (χ4n) is 4.24. The summed E-state index contributed by atoms with van der Waals surface area (Å²) in [6, 6.07) is 16.0. The first-order valence-electron chi connectivity index (χ1n) is 9.94. The second-order valence-corrected chi connectivity index (χ2v) is 9.10. The van der Waals surface area contributed by atoms with Crippen molar-refractivity contribution >= 4 is 38.2 Å². The van der Waals surface area contributed by atoms with Crippen molar-refractivity contribution < 1.29 is 22.5 Å². The minimum absolute atomic E-state index is 0.168. The first kappa shape index (κ1) is 20.9. The number of carbonyl (C=O) groups is 1. The Morgan fingerprint density at radius 2 is 1.61 bits per heavy atom. The first-order valence-corrected chi connectivity index (χ1v) is 11.4. The highest BCUT2D eigenvalue weighted by Gasteiger charge is 2.29. The van der Waals surface area contributed by atoms with Crippen LogP contribution in [0.2, 0.25) is 0 Å². The quantitative estimate of drug-likeness (QED) is 0.391. The predicted octanol–water partition coefficient (Wildman–Crippen LogP) is 3.75. The van der Waals surface area contributed by atoms with E-state index in [1.807, 2.05) is 12.1 Å². The van der Waals surface area contributed by atoms with Gasteiger partial charge in [0.1, 0.15) is 5.75 Å². The number of ketones is 1. The summed E-state index contributed by atoms with van der Waals surface area (Å²) in [6.45, 7) is 0. The number of ether oxygens (including phenoxy) is 1. The SMILES string of the molecule is COc1cc(S(=O)(=O)O)ccc1Nc1ccc2c3c(cc(=O)n2C)-c2ccccc2C(=O)c13. The van der Waals surface area contributed by atoms with E-state index in [0.717, 1.165) is 0 Å². The van der Waals surface area contributed by atoms with Gasteiger partial charge in [-0.2, -0.15) is 8.42 Å². The normalized spacial score (nSPS) is 12.5. The van der Waals surface area contributed by atoms with Gasteiger partial charge in [0, 0.05) is 30.1 Å². The summed E-state index contributed by atoms with van der Waals surface area (Å²) in [4.78, 5) is 25.8. The average molecular weight is 462 g/mol. The van der Waals surface area contributed by atoms with Crippen LogP contribution in [0.3, 0.4) is 0 Å². The summed E-state index contributed by atoms with van der Waals surface area (Å²) in [5.41, 5.74) is 3.57. The number of benzene rings is 3. The molecule has 0 unspecified atom stereocenters. The zero-order chi connectivity index (χ0) is 23.5. The van der Waals surface area contributed by atoms with E-state index in [2.05, 4.69) is 5.32 Å². The van der Waals surface area contributed by atoms with Gasteiger partial charge in [0.2, 0.25) is 0 Å². The summed E-state index contributed by atoms with van der Waals surface area (Å²) >= 11 is 0. The lowest BCUT2D eigenvalue weighted by molar-refractivity contribution is 0.104. The van der Waals surface area contributed by atoms with Crippen LogP contribution in [-0.2, 0) is 17.2 Å². The number of methoxy groups -OCH3 is 1. The van der Waals surface area contributed by atoms with Crippen molar-refractivity contribution in [2.24, 2.45) is 7.05 Å². The highest BCUT2D eigenvalue weighted by atomic mass is 32.2. The van der Waals surface area contributed by atoms with Crippen LogP contribution in [0, 0.1) is 0 Å². The number of hydrogen-bond acceptors (Lipinski definition) is 6. The van der Waals surface area contributed by atoms with Crippen molar-refractivity contribution in [3.05, 3.63) is 82.1 Å². The maximum Gasteiger partial charge on any atom is 0.294 e. The third-order valence-corrected chi connectivity index (χ3v) is 6.69. The van der Waals surface area contributed by atoms with Crippen molar-refractivity contribution in [3.63, 3.8) is 0 Å². The molecule has 0 bridgehead atoms. The van der Waals surface area contributed by atoms with Gasteiger partial charge in [-0.1, -0.05) is 24.3 Å². The van der Waals surface area contributed by atoms with Gasteiger partial charge in [-0.05, 0) is 35.4 Å². The van der Waals surface area contributed by atoms with Crippen molar-refractivity contribution in [1.82, 2.24) is 4.57 Å². The molecule has 4 aromatic rings. The van der Waals surface area contributed by atoms with Crippen molar-refractivity contribution in [3.8, 4) is 16.9 Å². The standard InChI is InChI=1S/C24H18N2O6S/c1-26-19-10-9-18(25-17-8-7-13(33(29,30)31)11-20(17)32-2)23-22(19)16(12-21(26)27)14-5-3-4-6-15(14)24(23)28/h3-12,25H,1-2H3,(H,29,30,31). The smallest absolute Gasteiger partial charge is 0.294 e. The van der Waals surface area contributed by atoms with E-state index in [1.165, 1.54) is 35.9 Å². The predicted molar refractivity (Wildman–Crippen MR) is 124 cm³/mol. The van der Waals surface area contributed by atoms with Crippen LogP contribution in [0.1, 0.15) is 15.9 Å². The van der Waals surface area contributed by atoms with E-state index in [-0.39, 0.29) is 22.0 Å². The summed E-state index contributed by atoms with van der Waals surface area (Å²) in [5.74, 6) is -0.0277. The number of pyridine rings is 1. The number of hydrogen-bond donors (Lipinski definition) is 2.